The SMILES string of the molecule is COc1ccc(C2c3ccccc3C(=O)N2O)cc1OC1CCCC1. The Morgan fingerprint density at radius 3 is 2.60 bits per heavy atom. The van der Waals surface area contributed by atoms with E-state index >= 15 is 0 Å². The molecular weight excluding hydrogens is 318 g/mol. The van der Waals surface area contributed by atoms with Gasteiger partial charge in [-0.1, -0.05) is 24.3 Å². The number of fused-ring (bicyclic) bond motifs is 1. The van der Waals surface area contributed by atoms with Crippen LogP contribution in [-0.4, -0.2) is 29.4 Å². The summed E-state index contributed by atoms with van der Waals surface area (Å²) in [5.74, 6) is 0.949. The summed E-state index contributed by atoms with van der Waals surface area (Å²) >= 11 is 0. The summed E-state index contributed by atoms with van der Waals surface area (Å²) in [7, 11) is 1.61. The number of carbonyl (C=O) groups excluding carboxylic acids is 1. The molecule has 1 aliphatic heterocycles. The number of rotatable bonds is 4. The van der Waals surface area contributed by atoms with Crippen LogP contribution in [0.15, 0.2) is 42.5 Å². The first-order chi connectivity index (χ1) is 12.2. The lowest BCUT2D eigenvalue weighted by atomic mass is 9.98. The molecule has 1 heterocycles. The van der Waals surface area contributed by atoms with E-state index in [4.69, 9.17) is 9.47 Å². The van der Waals surface area contributed by atoms with Gasteiger partial charge in [0.25, 0.3) is 5.91 Å². The maximum Gasteiger partial charge on any atom is 0.278 e. The van der Waals surface area contributed by atoms with Gasteiger partial charge in [0.2, 0.25) is 0 Å². The van der Waals surface area contributed by atoms with E-state index < -0.39 is 6.04 Å². The highest BCUT2D eigenvalue weighted by molar-refractivity contribution is 5.98. The molecule has 0 aromatic heterocycles. The molecule has 2 aliphatic rings. The van der Waals surface area contributed by atoms with E-state index in [0.717, 1.165) is 29.0 Å². The molecule has 1 N–H and O–H groups in total. The topological polar surface area (TPSA) is 59.0 Å². The van der Waals surface area contributed by atoms with Gasteiger partial charge in [-0.2, -0.15) is 0 Å². The van der Waals surface area contributed by atoms with Crippen molar-refractivity contribution in [2.24, 2.45) is 0 Å². The molecule has 0 spiro atoms. The molecular formula is C20H21NO4. The number of hydrogen-bond acceptors (Lipinski definition) is 4. The average molecular weight is 339 g/mol. The van der Waals surface area contributed by atoms with Gasteiger partial charge in [0, 0.05) is 5.56 Å². The number of carbonyl (C=O) groups is 1. The van der Waals surface area contributed by atoms with Crippen molar-refractivity contribution < 1.29 is 19.5 Å². The van der Waals surface area contributed by atoms with Crippen LogP contribution in [0.25, 0.3) is 0 Å². The zero-order valence-corrected chi connectivity index (χ0v) is 14.1. The van der Waals surface area contributed by atoms with Crippen molar-refractivity contribution in [2.45, 2.75) is 37.8 Å². The Kier molecular flexibility index (Phi) is 4.09. The molecule has 0 bridgehead atoms. The van der Waals surface area contributed by atoms with Gasteiger partial charge in [-0.05, 0) is 55.0 Å². The molecule has 1 aliphatic carbocycles. The Balaban J connectivity index is 1.72. The van der Waals surface area contributed by atoms with Gasteiger partial charge in [-0.25, -0.2) is 5.06 Å². The number of benzene rings is 2. The maximum atomic E-state index is 12.3. The Labute approximate surface area is 146 Å². The second kappa shape index (κ2) is 6.41. The Hall–Kier alpha value is -2.53. The zero-order valence-electron chi connectivity index (χ0n) is 14.1. The van der Waals surface area contributed by atoms with E-state index in [9.17, 15) is 10.0 Å². The first-order valence-electron chi connectivity index (χ1n) is 8.65. The number of hydroxylamine groups is 2. The molecule has 2 aromatic carbocycles. The van der Waals surface area contributed by atoms with Crippen molar-refractivity contribution in [3.8, 4) is 11.5 Å². The molecule has 1 unspecified atom stereocenters. The van der Waals surface area contributed by atoms with Crippen molar-refractivity contribution in [1.82, 2.24) is 5.06 Å². The average Bonchev–Trinajstić information content (AvgIpc) is 3.23. The molecule has 1 saturated carbocycles. The Bertz CT molecular complexity index is 798. The number of nitrogens with zero attached hydrogens (tertiary/aromatic N) is 1. The zero-order chi connectivity index (χ0) is 17.4. The van der Waals surface area contributed by atoms with E-state index in [1.54, 1.807) is 19.2 Å². The molecule has 25 heavy (non-hydrogen) atoms. The molecule has 5 heteroatoms. The lowest BCUT2D eigenvalue weighted by Crippen LogP contribution is -2.24. The fourth-order valence-corrected chi connectivity index (χ4v) is 3.76. The molecule has 130 valence electrons. The quantitative estimate of drug-likeness (QED) is 0.857. The number of ether oxygens (including phenoxy) is 2. The summed E-state index contributed by atoms with van der Waals surface area (Å²) in [6.45, 7) is 0. The van der Waals surface area contributed by atoms with Crippen LogP contribution in [0.1, 0.15) is 53.2 Å². The third-order valence-corrected chi connectivity index (χ3v) is 5.04. The van der Waals surface area contributed by atoms with Crippen LogP contribution in [0.4, 0.5) is 0 Å². The van der Waals surface area contributed by atoms with Crippen molar-refractivity contribution in [2.75, 3.05) is 7.11 Å². The summed E-state index contributed by atoms with van der Waals surface area (Å²) < 4.78 is 11.6. The van der Waals surface area contributed by atoms with Gasteiger partial charge in [0.15, 0.2) is 11.5 Å². The van der Waals surface area contributed by atoms with Crippen molar-refractivity contribution in [3.05, 3.63) is 59.2 Å². The molecule has 0 saturated heterocycles. The summed E-state index contributed by atoms with van der Waals surface area (Å²) in [6.07, 6.45) is 4.66. The van der Waals surface area contributed by atoms with E-state index in [2.05, 4.69) is 0 Å². The first kappa shape index (κ1) is 16.0. The molecule has 2 aromatic rings. The first-order valence-corrected chi connectivity index (χ1v) is 8.65. The van der Waals surface area contributed by atoms with Crippen LogP contribution < -0.4 is 9.47 Å². The number of methoxy groups -OCH3 is 1. The third kappa shape index (κ3) is 2.74. The summed E-state index contributed by atoms with van der Waals surface area (Å²) in [5.41, 5.74) is 2.13. The van der Waals surface area contributed by atoms with Crippen LogP contribution in [0.2, 0.25) is 0 Å². The molecule has 1 fully saturated rings. The monoisotopic (exact) mass is 339 g/mol. The van der Waals surface area contributed by atoms with Crippen molar-refractivity contribution in [1.29, 1.82) is 0 Å². The minimum absolute atomic E-state index is 0.201. The van der Waals surface area contributed by atoms with Crippen LogP contribution in [0.3, 0.4) is 0 Å². The van der Waals surface area contributed by atoms with Gasteiger partial charge in [0.05, 0.1) is 13.2 Å². The Morgan fingerprint density at radius 2 is 1.84 bits per heavy atom. The summed E-state index contributed by atoms with van der Waals surface area (Å²) in [6, 6.07) is 12.3. The molecule has 5 nitrogen and oxygen atoms in total. The van der Waals surface area contributed by atoms with Gasteiger partial charge >= 0.3 is 0 Å². The van der Waals surface area contributed by atoms with Crippen molar-refractivity contribution in [3.63, 3.8) is 0 Å². The molecule has 1 amide bonds. The largest absolute Gasteiger partial charge is 0.493 e. The van der Waals surface area contributed by atoms with Gasteiger partial charge in [-0.3, -0.25) is 10.0 Å². The lowest BCUT2D eigenvalue weighted by Gasteiger charge is -2.22. The highest BCUT2D eigenvalue weighted by Crippen LogP contribution is 2.41. The van der Waals surface area contributed by atoms with Gasteiger partial charge in [0.1, 0.15) is 6.04 Å². The normalized spacial score (nSPS) is 20.0. The van der Waals surface area contributed by atoms with Crippen LogP contribution in [0, 0.1) is 0 Å². The maximum absolute atomic E-state index is 12.3. The molecule has 0 radical (unpaired) electrons. The highest BCUT2D eigenvalue weighted by atomic mass is 16.5. The van der Waals surface area contributed by atoms with E-state index in [0.29, 0.717) is 17.1 Å². The number of hydrogen-bond donors (Lipinski definition) is 1. The van der Waals surface area contributed by atoms with E-state index in [1.165, 1.54) is 12.8 Å². The van der Waals surface area contributed by atoms with Gasteiger partial charge in [-0.15, -0.1) is 0 Å². The van der Waals surface area contributed by atoms with Crippen LogP contribution in [0.5, 0.6) is 11.5 Å². The summed E-state index contributed by atoms with van der Waals surface area (Å²) in [5, 5.41) is 11.1. The van der Waals surface area contributed by atoms with Crippen molar-refractivity contribution >= 4 is 5.91 Å². The molecule has 1 atom stereocenters. The Morgan fingerprint density at radius 1 is 1.08 bits per heavy atom. The summed E-state index contributed by atoms with van der Waals surface area (Å²) in [4.78, 5) is 12.3. The lowest BCUT2D eigenvalue weighted by molar-refractivity contribution is -0.0724. The van der Waals surface area contributed by atoms with Crippen LogP contribution >= 0.6 is 0 Å². The fraction of sp³-hybridized carbons (Fsp3) is 0.350. The predicted octanol–water partition coefficient (Wildman–Crippen LogP) is 3.95. The van der Waals surface area contributed by atoms with Crippen LogP contribution in [-0.2, 0) is 0 Å². The second-order valence-electron chi connectivity index (χ2n) is 6.57. The minimum Gasteiger partial charge on any atom is -0.493 e. The fourth-order valence-electron chi connectivity index (χ4n) is 3.76. The molecule has 4 rings (SSSR count). The standard InChI is InChI=1S/C20H21NO4/c1-24-17-11-10-13(12-18(17)25-14-6-2-3-7-14)19-15-8-4-5-9-16(15)20(22)21(19)23/h4-5,8-12,14,19,23H,2-3,6-7H2,1H3. The smallest absolute Gasteiger partial charge is 0.278 e. The third-order valence-electron chi connectivity index (χ3n) is 5.04. The number of amides is 1. The highest BCUT2D eigenvalue weighted by Gasteiger charge is 2.37. The predicted molar refractivity (Wildman–Crippen MR) is 92.1 cm³/mol. The second-order valence-corrected chi connectivity index (χ2v) is 6.57. The van der Waals surface area contributed by atoms with E-state index in [1.807, 2.05) is 30.3 Å². The van der Waals surface area contributed by atoms with E-state index in [-0.39, 0.29) is 12.0 Å². The minimum atomic E-state index is -0.527. The van der Waals surface area contributed by atoms with Gasteiger partial charge < -0.3 is 9.47 Å².